The second-order valence-corrected chi connectivity index (χ2v) is 5.41. The van der Waals surface area contributed by atoms with Crippen LogP contribution in [0.25, 0.3) is 0 Å². The highest BCUT2D eigenvalue weighted by atomic mass is 16.4. The van der Waals surface area contributed by atoms with Gasteiger partial charge in [0.25, 0.3) is 0 Å². The van der Waals surface area contributed by atoms with Crippen molar-refractivity contribution in [2.45, 2.75) is 51.7 Å². The van der Waals surface area contributed by atoms with Crippen molar-refractivity contribution >= 4 is 5.97 Å². The molecule has 16 heavy (non-hydrogen) atoms. The molecule has 4 nitrogen and oxygen atoms in total. The van der Waals surface area contributed by atoms with Gasteiger partial charge < -0.3 is 15.3 Å². The molecule has 3 unspecified atom stereocenters. The highest BCUT2D eigenvalue weighted by molar-refractivity contribution is 5.73. The van der Waals surface area contributed by atoms with Gasteiger partial charge in [-0.1, -0.05) is 13.8 Å². The molecular weight excluding hydrogens is 204 g/mol. The Bertz CT molecular complexity index is 233. The normalized spacial score (nSPS) is 28.6. The zero-order valence-corrected chi connectivity index (χ0v) is 10.7. The van der Waals surface area contributed by atoms with Crippen molar-refractivity contribution in [3.8, 4) is 0 Å². The van der Waals surface area contributed by atoms with Crippen LogP contribution in [-0.4, -0.2) is 47.7 Å². The summed E-state index contributed by atoms with van der Waals surface area (Å²) in [4.78, 5) is 13.4. The third kappa shape index (κ3) is 3.76. The number of rotatable bonds is 5. The molecular formula is C12H24N2O2. The van der Waals surface area contributed by atoms with Crippen LogP contribution in [0.2, 0.25) is 0 Å². The van der Waals surface area contributed by atoms with E-state index in [0.717, 1.165) is 13.0 Å². The summed E-state index contributed by atoms with van der Waals surface area (Å²) in [5.74, 6) is -0.318. The van der Waals surface area contributed by atoms with Crippen molar-refractivity contribution in [1.82, 2.24) is 10.2 Å². The number of likely N-dealkylation sites (N-methyl/N-ethyl adjacent to an activating group) is 1. The average Bonchev–Trinajstić information content (AvgIpc) is 2.44. The first-order valence-electron chi connectivity index (χ1n) is 6.09. The molecule has 1 saturated heterocycles. The Morgan fingerprint density at radius 1 is 1.56 bits per heavy atom. The van der Waals surface area contributed by atoms with Gasteiger partial charge >= 0.3 is 5.97 Å². The first kappa shape index (κ1) is 13.5. The van der Waals surface area contributed by atoms with Gasteiger partial charge in [-0.2, -0.15) is 0 Å². The molecule has 0 saturated carbocycles. The van der Waals surface area contributed by atoms with Gasteiger partial charge in [0.2, 0.25) is 0 Å². The molecule has 1 fully saturated rings. The third-order valence-electron chi connectivity index (χ3n) is 3.33. The summed E-state index contributed by atoms with van der Waals surface area (Å²) in [6.07, 6.45) is 1.74. The summed E-state index contributed by atoms with van der Waals surface area (Å²) in [6, 6.07) is 0.467. The highest BCUT2D eigenvalue weighted by Crippen LogP contribution is 2.16. The van der Waals surface area contributed by atoms with Gasteiger partial charge in [0.1, 0.15) is 6.04 Å². The molecule has 1 heterocycles. The number of hydrogen-bond acceptors (Lipinski definition) is 3. The quantitative estimate of drug-likeness (QED) is 0.741. The standard InChI is InChI=1S/C12H24N2O2/c1-8(2)5-11(12(15)16)13-10-6-9(3)14(4)7-10/h8-11,13H,5-7H2,1-4H3,(H,15,16). The Labute approximate surface area is 98.0 Å². The molecule has 0 aromatic rings. The minimum atomic E-state index is -0.726. The Balaban J connectivity index is 2.46. The van der Waals surface area contributed by atoms with Crippen LogP contribution in [0.1, 0.15) is 33.6 Å². The molecule has 94 valence electrons. The van der Waals surface area contributed by atoms with E-state index in [2.05, 4.69) is 38.0 Å². The lowest BCUT2D eigenvalue weighted by Gasteiger charge is -2.21. The van der Waals surface area contributed by atoms with Gasteiger partial charge in [0, 0.05) is 18.6 Å². The van der Waals surface area contributed by atoms with E-state index in [-0.39, 0.29) is 0 Å². The smallest absolute Gasteiger partial charge is 0.320 e. The van der Waals surface area contributed by atoms with E-state index in [1.807, 2.05) is 0 Å². The topological polar surface area (TPSA) is 52.6 Å². The van der Waals surface area contributed by atoms with Gasteiger partial charge in [0.15, 0.2) is 0 Å². The predicted octanol–water partition coefficient (Wildman–Crippen LogP) is 1.17. The summed E-state index contributed by atoms with van der Waals surface area (Å²) in [5.41, 5.74) is 0. The van der Waals surface area contributed by atoms with E-state index in [4.69, 9.17) is 5.11 Å². The predicted molar refractivity (Wildman–Crippen MR) is 64.5 cm³/mol. The van der Waals surface area contributed by atoms with Crippen molar-refractivity contribution < 1.29 is 9.90 Å². The summed E-state index contributed by atoms with van der Waals surface area (Å²) < 4.78 is 0. The van der Waals surface area contributed by atoms with Gasteiger partial charge in [-0.05, 0) is 32.7 Å². The van der Waals surface area contributed by atoms with E-state index in [1.54, 1.807) is 0 Å². The third-order valence-corrected chi connectivity index (χ3v) is 3.33. The lowest BCUT2D eigenvalue weighted by molar-refractivity contribution is -0.140. The van der Waals surface area contributed by atoms with E-state index in [0.29, 0.717) is 24.4 Å². The molecule has 1 aliphatic heterocycles. The molecule has 0 aliphatic carbocycles. The minimum absolute atomic E-state index is 0.319. The summed E-state index contributed by atoms with van der Waals surface area (Å²) >= 11 is 0. The van der Waals surface area contributed by atoms with E-state index < -0.39 is 12.0 Å². The van der Waals surface area contributed by atoms with Crippen molar-refractivity contribution in [3.05, 3.63) is 0 Å². The molecule has 0 bridgehead atoms. The number of nitrogens with zero attached hydrogens (tertiary/aromatic N) is 1. The number of aliphatic carboxylic acids is 1. The number of hydrogen-bond donors (Lipinski definition) is 2. The fourth-order valence-corrected chi connectivity index (χ4v) is 2.31. The summed E-state index contributed by atoms with van der Waals surface area (Å²) in [6.45, 7) is 7.24. The van der Waals surface area contributed by atoms with Crippen LogP contribution in [0.5, 0.6) is 0 Å². The maximum atomic E-state index is 11.1. The number of carbonyl (C=O) groups is 1. The van der Waals surface area contributed by atoms with Crippen LogP contribution < -0.4 is 5.32 Å². The number of carboxylic acids is 1. The van der Waals surface area contributed by atoms with Crippen molar-refractivity contribution in [2.24, 2.45) is 5.92 Å². The van der Waals surface area contributed by atoms with Gasteiger partial charge in [-0.3, -0.25) is 4.79 Å². The summed E-state index contributed by atoms with van der Waals surface area (Å²) in [7, 11) is 2.09. The van der Waals surface area contributed by atoms with Crippen molar-refractivity contribution in [1.29, 1.82) is 0 Å². The molecule has 3 atom stereocenters. The summed E-state index contributed by atoms with van der Waals surface area (Å²) in [5, 5.41) is 12.4. The monoisotopic (exact) mass is 228 g/mol. The molecule has 0 aromatic heterocycles. The van der Waals surface area contributed by atoms with Crippen molar-refractivity contribution in [3.63, 3.8) is 0 Å². The highest BCUT2D eigenvalue weighted by Gasteiger charge is 2.30. The molecule has 1 aliphatic rings. The van der Waals surface area contributed by atoms with Gasteiger partial charge in [0.05, 0.1) is 0 Å². The largest absolute Gasteiger partial charge is 0.480 e. The Morgan fingerprint density at radius 2 is 2.19 bits per heavy atom. The molecule has 1 rings (SSSR count). The SMILES string of the molecule is CC(C)CC(NC1CC(C)N(C)C1)C(=O)O. The number of carboxylic acid groups (broad SMARTS) is 1. The molecule has 4 heteroatoms. The minimum Gasteiger partial charge on any atom is -0.480 e. The molecule has 0 spiro atoms. The molecule has 0 radical (unpaired) electrons. The van der Waals surface area contributed by atoms with E-state index in [1.165, 1.54) is 0 Å². The van der Waals surface area contributed by atoms with Crippen molar-refractivity contribution in [2.75, 3.05) is 13.6 Å². The molecule has 2 N–H and O–H groups in total. The zero-order valence-electron chi connectivity index (χ0n) is 10.7. The Morgan fingerprint density at radius 3 is 2.56 bits per heavy atom. The van der Waals surface area contributed by atoms with Crippen LogP contribution in [0.15, 0.2) is 0 Å². The lowest BCUT2D eigenvalue weighted by Crippen LogP contribution is -2.45. The maximum Gasteiger partial charge on any atom is 0.320 e. The fraction of sp³-hybridized carbons (Fsp3) is 0.917. The molecule has 0 amide bonds. The number of likely N-dealkylation sites (tertiary alicyclic amines) is 1. The second kappa shape index (κ2) is 5.64. The number of nitrogens with one attached hydrogen (secondary N) is 1. The Hall–Kier alpha value is -0.610. The lowest BCUT2D eigenvalue weighted by atomic mass is 10.0. The van der Waals surface area contributed by atoms with Crippen LogP contribution in [0, 0.1) is 5.92 Å². The fourth-order valence-electron chi connectivity index (χ4n) is 2.31. The van der Waals surface area contributed by atoms with Crippen LogP contribution in [0.4, 0.5) is 0 Å². The van der Waals surface area contributed by atoms with Crippen LogP contribution in [0.3, 0.4) is 0 Å². The zero-order chi connectivity index (χ0) is 12.3. The first-order chi connectivity index (χ1) is 7.40. The second-order valence-electron chi connectivity index (χ2n) is 5.41. The van der Waals surface area contributed by atoms with E-state index >= 15 is 0 Å². The first-order valence-corrected chi connectivity index (χ1v) is 6.09. The van der Waals surface area contributed by atoms with Gasteiger partial charge in [-0.25, -0.2) is 0 Å². The van der Waals surface area contributed by atoms with Gasteiger partial charge in [-0.15, -0.1) is 0 Å². The van der Waals surface area contributed by atoms with E-state index in [9.17, 15) is 4.79 Å². The van der Waals surface area contributed by atoms with Crippen LogP contribution in [-0.2, 0) is 4.79 Å². The molecule has 0 aromatic carbocycles. The average molecular weight is 228 g/mol. The Kier molecular flexibility index (Phi) is 4.74. The van der Waals surface area contributed by atoms with Crippen LogP contribution >= 0.6 is 0 Å². The maximum absolute atomic E-state index is 11.1.